The Hall–Kier alpha value is -2.74. The summed E-state index contributed by atoms with van der Waals surface area (Å²) in [7, 11) is 0. The molecular formula is C18H16ClF3N2O3. The molecule has 0 radical (unpaired) electrons. The maximum atomic E-state index is 13.5. The fraction of sp³-hybridized carbons (Fsp3) is 0.222. The van der Waals surface area contributed by atoms with E-state index in [4.69, 9.17) is 16.3 Å². The average Bonchev–Trinajstić information content (AvgIpc) is 2.62. The highest BCUT2D eigenvalue weighted by Crippen LogP contribution is 2.23. The Balaban J connectivity index is 1.89. The summed E-state index contributed by atoms with van der Waals surface area (Å²) in [5, 5.41) is 4.88. The summed E-state index contributed by atoms with van der Waals surface area (Å²) in [6.07, 6.45) is -0.919. The van der Waals surface area contributed by atoms with Gasteiger partial charge in [0.05, 0.1) is 12.2 Å². The van der Waals surface area contributed by atoms with Crippen LogP contribution in [0.25, 0.3) is 0 Å². The molecular weight excluding hydrogens is 385 g/mol. The lowest BCUT2D eigenvalue weighted by Crippen LogP contribution is -2.40. The van der Waals surface area contributed by atoms with Crippen LogP contribution in [0.4, 0.5) is 18.9 Å². The molecule has 0 saturated carbocycles. The number of rotatable bonds is 6. The molecule has 0 aliphatic carbocycles. The van der Waals surface area contributed by atoms with Crippen molar-refractivity contribution in [2.75, 3.05) is 11.9 Å². The Morgan fingerprint density at radius 3 is 2.52 bits per heavy atom. The third-order valence-electron chi connectivity index (χ3n) is 3.54. The van der Waals surface area contributed by atoms with Crippen LogP contribution in [0.15, 0.2) is 30.3 Å². The summed E-state index contributed by atoms with van der Waals surface area (Å²) in [5.41, 5.74) is 0.197. The number of hydrogen-bond acceptors (Lipinski definition) is 3. The standard InChI is InChI=1S/C18H16ClF3N2O3/c1-9-7-11(19)3-6-14(9)27-10(2)18(26)23-8-15(25)24-13-5-4-12(20)16(21)17(13)22/h3-7,10H,8H2,1-2H3,(H,23,26)(H,24,25). The Morgan fingerprint density at radius 1 is 1.15 bits per heavy atom. The number of nitrogens with one attached hydrogen (secondary N) is 2. The lowest BCUT2D eigenvalue weighted by atomic mass is 10.2. The van der Waals surface area contributed by atoms with Crippen LogP contribution >= 0.6 is 11.6 Å². The largest absolute Gasteiger partial charge is 0.481 e. The highest BCUT2D eigenvalue weighted by Gasteiger charge is 2.18. The van der Waals surface area contributed by atoms with Crippen LogP contribution in [-0.4, -0.2) is 24.5 Å². The van der Waals surface area contributed by atoms with Gasteiger partial charge in [-0.05, 0) is 49.7 Å². The minimum Gasteiger partial charge on any atom is -0.481 e. The predicted octanol–water partition coefficient (Wildman–Crippen LogP) is 3.59. The number of benzene rings is 2. The van der Waals surface area contributed by atoms with Gasteiger partial charge in [-0.3, -0.25) is 9.59 Å². The molecule has 5 nitrogen and oxygen atoms in total. The van der Waals surface area contributed by atoms with Gasteiger partial charge < -0.3 is 15.4 Å². The first-order valence-corrected chi connectivity index (χ1v) is 8.20. The lowest BCUT2D eigenvalue weighted by Gasteiger charge is -2.16. The van der Waals surface area contributed by atoms with Crippen molar-refractivity contribution in [1.82, 2.24) is 5.32 Å². The molecule has 1 atom stereocenters. The Labute approximate surface area is 158 Å². The molecule has 2 aromatic rings. The number of amides is 2. The summed E-state index contributed by atoms with van der Waals surface area (Å²) in [6.45, 7) is 2.73. The van der Waals surface area contributed by atoms with Crippen molar-refractivity contribution in [2.45, 2.75) is 20.0 Å². The van der Waals surface area contributed by atoms with E-state index in [1.165, 1.54) is 6.92 Å². The maximum Gasteiger partial charge on any atom is 0.261 e. The summed E-state index contributed by atoms with van der Waals surface area (Å²) in [5.74, 6) is -5.55. The van der Waals surface area contributed by atoms with Crippen molar-refractivity contribution in [1.29, 1.82) is 0 Å². The topological polar surface area (TPSA) is 67.4 Å². The van der Waals surface area contributed by atoms with E-state index in [1.807, 2.05) is 5.32 Å². The molecule has 2 aromatic carbocycles. The quantitative estimate of drug-likeness (QED) is 0.728. The van der Waals surface area contributed by atoms with Crippen molar-refractivity contribution in [3.8, 4) is 5.75 Å². The maximum absolute atomic E-state index is 13.5. The van der Waals surface area contributed by atoms with Crippen molar-refractivity contribution in [2.24, 2.45) is 0 Å². The van der Waals surface area contributed by atoms with E-state index >= 15 is 0 Å². The van der Waals surface area contributed by atoms with Crippen LogP contribution in [0.1, 0.15) is 12.5 Å². The zero-order valence-electron chi connectivity index (χ0n) is 14.4. The van der Waals surface area contributed by atoms with Crippen molar-refractivity contribution in [3.63, 3.8) is 0 Å². The summed E-state index contributed by atoms with van der Waals surface area (Å²) in [4.78, 5) is 23.8. The molecule has 0 aromatic heterocycles. The first-order valence-electron chi connectivity index (χ1n) is 7.83. The molecule has 0 fully saturated rings. The number of carbonyl (C=O) groups is 2. The Morgan fingerprint density at radius 2 is 1.85 bits per heavy atom. The van der Waals surface area contributed by atoms with E-state index in [-0.39, 0.29) is 0 Å². The first kappa shape index (κ1) is 20.6. The van der Waals surface area contributed by atoms with Gasteiger partial charge in [-0.15, -0.1) is 0 Å². The second-order valence-electron chi connectivity index (χ2n) is 5.66. The van der Waals surface area contributed by atoms with Gasteiger partial charge in [0.1, 0.15) is 5.75 Å². The van der Waals surface area contributed by atoms with Gasteiger partial charge in [0.2, 0.25) is 5.91 Å². The van der Waals surface area contributed by atoms with Gasteiger partial charge in [-0.1, -0.05) is 11.6 Å². The normalized spacial score (nSPS) is 11.6. The zero-order chi connectivity index (χ0) is 20.1. The fourth-order valence-corrected chi connectivity index (χ4v) is 2.34. The Bertz CT molecular complexity index is 877. The predicted molar refractivity (Wildman–Crippen MR) is 94.2 cm³/mol. The first-order chi connectivity index (χ1) is 12.7. The Kier molecular flexibility index (Phi) is 6.68. The number of hydrogen-bond donors (Lipinski definition) is 2. The molecule has 0 aliphatic heterocycles. The molecule has 9 heteroatoms. The fourth-order valence-electron chi connectivity index (χ4n) is 2.12. The second kappa shape index (κ2) is 8.77. The molecule has 2 amide bonds. The lowest BCUT2D eigenvalue weighted by molar-refractivity contribution is -0.129. The average molecular weight is 401 g/mol. The molecule has 1 unspecified atom stereocenters. The molecule has 0 heterocycles. The summed E-state index contributed by atoms with van der Waals surface area (Å²) >= 11 is 5.85. The van der Waals surface area contributed by atoms with E-state index in [1.54, 1.807) is 25.1 Å². The third kappa shape index (κ3) is 5.37. The van der Waals surface area contributed by atoms with E-state index in [0.717, 1.165) is 11.6 Å². The molecule has 2 rings (SSSR count). The van der Waals surface area contributed by atoms with Crippen LogP contribution in [0.2, 0.25) is 5.02 Å². The molecule has 2 N–H and O–H groups in total. The minimum atomic E-state index is -1.70. The van der Waals surface area contributed by atoms with E-state index in [0.29, 0.717) is 16.8 Å². The van der Waals surface area contributed by atoms with Crippen LogP contribution in [-0.2, 0) is 9.59 Å². The highest BCUT2D eigenvalue weighted by atomic mass is 35.5. The zero-order valence-corrected chi connectivity index (χ0v) is 15.2. The second-order valence-corrected chi connectivity index (χ2v) is 6.10. The van der Waals surface area contributed by atoms with Crippen molar-refractivity contribution >= 4 is 29.1 Å². The van der Waals surface area contributed by atoms with Crippen LogP contribution in [0, 0.1) is 24.4 Å². The van der Waals surface area contributed by atoms with Gasteiger partial charge in [-0.2, -0.15) is 0 Å². The minimum absolute atomic E-state index is 0.454. The van der Waals surface area contributed by atoms with Crippen LogP contribution in [0.5, 0.6) is 5.75 Å². The third-order valence-corrected chi connectivity index (χ3v) is 3.78. The number of carbonyl (C=O) groups excluding carboxylic acids is 2. The number of halogens is 4. The van der Waals surface area contributed by atoms with E-state index in [9.17, 15) is 22.8 Å². The molecule has 0 bridgehead atoms. The molecule has 27 heavy (non-hydrogen) atoms. The smallest absolute Gasteiger partial charge is 0.261 e. The molecule has 0 saturated heterocycles. The number of anilines is 1. The van der Waals surface area contributed by atoms with Gasteiger partial charge >= 0.3 is 0 Å². The van der Waals surface area contributed by atoms with Gasteiger partial charge in [0.25, 0.3) is 5.91 Å². The van der Waals surface area contributed by atoms with Crippen molar-refractivity contribution < 1.29 is 27.5 Å². The molecule has 144 valence electrons. The summed E-state index contributed by atoms with van der Waals surface area (Å²) < 4.78 is 45.0. The number of ether oxygens (including phenoxy) is 1. The van der Waals surface area contributed by atoms with Gasteiger partial charge in [0.15, 0.2) is 23.6 Å². The van der Waals surface area contributed by atoms with Crippen LogP contribution < -0.4 is 15.4 Å². The SMILES string of the molecule is Cc1cc(Cl)ccc1OC(C)C(=O)NCC(=O)Nc1ccc(F)c(F)c1F. The van der Waals surface area contributed by atoms with Crippen LogP contribution in [0.3, 0.4) is 0 Å². The number of aryl methyl sites for hydroxylation is 1. The van der Waals surface area contributed by atoms with E-state index < -0.39 is 47.6 Å². The van der Waals surface area contributed by atoms with E-state index in [2.05, 4.69) is 5.32 Å². The monoisotopic (exact) mass is 400 g/mol. The van der Waals surface area contributed by atoms with Gasteiger partial charge in [-0.25, -0.2) is 13.2 Å². The summed E-state index contributed by atoms with van der Waals surface area (Å²) in [6, 6.07) is 6.45. The van der Waals surface area contributed by atoms with Crippen molar-refractivity contribution in [3.05, 3.63) is 58.4 Å². The molecule has 0 spiro atoms. The molecule has 0 aliphatic rings. The highest BCUT2D eigenvalue weighted by molar-refractivity contribution is 6.30. The van der Waals surface area contributed by atoms with Gasteiger partial charge in [0, 0.05) is 5.02 Å².